The first-order valence-corrected chi connectivity index (χ1v) is 14.3. The minimum atomic E-state index is -0.239. The van der Waals surface area contributed by atoms with Crippen LogP contribution in [-0.4, -0.2) is 66.1 Å². The summed E-state index contributed by atoms with van der Waals surface area (Å²) in [5, 5.41) is 14.3. The fourth-order valence-electron chi connectivity index (χ4n) is 5.32. The Labute approximate surface area is 250 Å². The minimum absolute atomic E-state index is 0.0155. The van der Waals surface area contributed by atoms with Crippen molar-refractivity contribution >= 4 is 45.9 Å². The Hall–Kier alpha value is -5.21. The van der Waals surface area contributed by atoms with Crippen LogP contribution in [0.4, 0.5) is 17.1 Å². The summed E-state index contributed by atoms with van der Waals surface area (Å²) in [6, 6.07) is 27.6. The van der Waals surface area contributed by atoms with Gasteiger partial charge >= 0.3 is 0 Å². The molecule has 0 spiro atoms. The van der Waals surface area contributed by atoms with Crippen LogP contribution in [0.2, 0.25) is 0 Å². The maximum absolute atomic E-state index is 13.4. The van der Waals surface area contributed by atoms with E-state index < -0.39 is 0 Å². The molecule has 43 heavy (non-hydrogen) atoms. The lowest BCUT2D eigenvalue weighted by Crippen LogP contribution is -2.44. The lowest BCUT2D eigenvalue weighted by atomic mass is 10.0. The topological polar surface area (TPSA) is 101 Å². The number of hydrogen-bond acceptors (Lipinski definition) is 6. The molecule has 0 saturated carbocycles. The number of amides is 1. The summed E-state index contributed by atoms with van der Waals surface area (Å²) in [5.41, 5.74) is 6.12. The number of piperazine rings is 1. The second-order valence-corrected chi connectivity index (χ2v) is 10.9. The maximum atomic E-state index is 13.4. The second-order valence-electron chi connectivity index (χ2n) is 10.9. The summed E-state index contributed by atoms with van der Waals surface area (Å²) in [4.78, 5) is 38.3. The first kappa shape index (κ1) is 27.9. The second kappa shape index (κ2) is 12.0. The van der Waals surface area contributed by atoms with Crippen LogP contribution in [0.1, 0.15) is 37.4 Å². The molecule has 3 N–H and O–H groups in total. The molecule has 6 rings (SSSR count). The third kappa shape index (κ3) is 6.19. The van der Waals surface area contributed by atoms with Crippen LogP contribution in [0.25, 0.3) is 10.9 Å². The Morgan fingerprint density at radius 2 is 1.58 bits per heavy atom. The molecule has 4 aromatic carbocycles. The molecular formula is C35H33N5O3. The number of ketones is 1. The molecule has 0 radical (unpaired) electrons. The SMILES string of the molecule is Cc1cccc(C(=O)Nc2cccc(C(=O)c3ccc4c(C=Nc5ccc(N6CCN(C)CC6)cc5)c(O)[nH]c4c3)c2)c1. The Balaban J connectivity index is 1.17. The quantitative estimate of drug-likeness (QED) is 0.160. The summed E-state index contributed by atoms with van der Waals surface area (Å²) in [6.07, 6.45) is 1.64. The van der Waals surface area contributed by atoms with Gasteiger partial charge in [-0.15, -0.1) is 0 Å². The van der Waals surface area contributed by atoms with Crippen molar-refractivity contribution in [1.82, 2.24) is 9.88 Å². The zero-order chi connectivity index (χ0) is 29.9. The molecule has 1 aliphatic heterocycles. The standard InChI is InChI=1S/C35H33N5O3/c1-23-5-3-7-26(19-23)34(42)37-28-8-4-6-24(20-28)33(41)25-9-14-30-31(35(43)38-32(30)21-25)22-36-27-10-12-29(13-11-27)40-17-15-39(2)16-18-40/h3-14,19-22,38,43H,15-18H2,1-2H3,(H,37,42). The number of benzene rings is 4. The number of nitrogens with zero attached hydrogens (tertiary/aromatic N) is 3. The van der Waals surface area contributed by atoms with Crippen molar-refractivity contribution in [3.05, 3.63) is 119 Å². The lowest BCUT2D eigenvalue weighted by Gasteiger charge is -2.34. The number of nitrogens with one attached hydrogen (secondary N) is 2. The highest BCUT2D eigenvalue weighted by molar-refractivity contribution is 6.13. The number of carbonyl (C=O) groups excluding carboxylic acids is 2. The van der Waals surface area contributed by atoms with Crippen molar-refractivity contribution in [2.45, 2.75) is 6.92 Å². The van der Waals surface area contributed by atoms with Crippen LogP contribution in [0.15, 0.2) is 96.0 Å². The summed E-state index contributed by atoms with van der Waals surface area (Å²) in [6.45, 7) is 6.03. The van der Waals surface area contributed by atoms with E-state index in [1.165, 1.54) is 5.69 Å². The van der Waals surface area contributed by atoms with Gasteiger partial charge in [0.05, 0.1) is 11.3 Å². The fraction of sp³-hybridized carbons (Fsp3) is 0.171. The highest BCUT2D eigenvalue weighted by Gasteiger charge is 2.16. The van der Waals surface area contributed by atoms with Gasteiger partial charge in [-0.2, -0.15) is 0 Å². The number of aromatic nitrogens is 1. The van der Waals surface area contributed by atoms with Gasteiger partial charge in [0.25, 0.3) is 5.91 Å². The van der Waals surface area contributed by atoms with Gasteiger partial charge in [-0.05, 0) is 68.6 Å². The minimum Gasteiger partial charge on any atom is -0.494 e. The molecule has 5 aromatic rings. The first-order valence-electron chi connectivity index (χ1n) is 14.3. The molecule has 8 heteroatoms. The normalized spacial score (nSPS) is 14.0. The van der Waals surface area contributed by atoms with Gasteiger partial charge in [-0.3, -0.25) is 14.6 Å². The number of hydrogen-bond donors (Lipinski definition) is 3. The van der Waals surface area contributed by atoms with E-state index in [-0.39, 0.29) is 17.6 Å². The number of likely N-dealkylation sites (N-methyl/N-ethyl adjacent to an activating group) is 1. The first-order chi connectivity index (χ1) is 20.8. The van der Waals surface area contributed by atoms with Crippen molar-refractivity contribution < 1.29 is 14.7 Å². The molecule has 1 aromatic heterocycles. The molecule has 1 saturated heterocycles. The van der Waals surface area contributed by atoms with Gasteiger partial charge in [0.2, 0.25) is 0 Å². The summed E-state index contributed by atoms with van der Waals surface area (Å²) in [5.74, 6) is -0.451. The average molecular weight is 572 g/mol. The van der Waals surface area contributed by atoms with Gasteiger partial charge in [0.15, 0.2) is 11.7 Å². The number of aromatic amines is 1. The van der Waals surface area contributed by atoms with Crippen LogP contribution in [0.3, 0.4) is 0 Å². The van der Waals surface area contributed by atoms with E-state index in [4.69, 9.17) is 0 Å². The van der Waals surface area contributed by atoms with Crippen molar-refractivity contribution in [2.75, 3.05) is 43.4 Å². The number of aromatic hydroxyl groups is 1. The largest absolute Gasteiger partial charge is 0.494 e. The number of rotatable bonds is 7. The van der Waals surface area contributed by atoms with E-state index in [9.17, 15) is 14.7 Å². The molecule has 1 amide bonds. The molecule has 1 aliphatic rings. The Morgan fingerprint density at radius 1 is 0.860 bits per heavy atom. The molecule has 8 nitrogen and oxygen atoms in total. The third-order valence-electron chi connectivity index (χ3n) is 7.80. The number of H-pyrrole nitrogens is 1. The van der Waals surface area contributed by atoms with E-state index >= 15 is 0 Å². The van der Waals surface area contributed by atoms with E-state index in [1.807, 2.05) is 37.3 Å². The summed E-state index contributed by atoms with van der Waals surface area (Å²) >= 11 is 0. The van der Waals surface area contributed by atoms with E-state index in [1.54, 1.807) is 54.7 Å². The summed E-state index contributed by atoms with van der Waals surface area (Å²) in [7, 11) is 2.14. The smallest absolute Gasteiger partial charge is 0.255 e. The highest BCUT2D eigenvalue weighted by Crippen LogP contribution is 2.29. The van der Waals surface area contributed by atoms with Crippen LogP contribution in [0.5, 0.6) is 5.88 Å². The van der Waals surface area contributed by atoms with Crippen LogP contribution < -0.4 is 10.2 Å². The Morgan fingerprint density at radius 3 is 2.35 bits per heavy atom. The third-order valence-corrected chi connectivity index (χ3v) is 7.80. The van der Waals surface area contributed by atoms with Gasteiger partial charge in [-0.1, -0.05) is 42.0 Å². The van der Waals surface area contributed by atoms with Crippen LogP contribution in [0, 0.1) is 6.92 Å². The number of fused-ring (bicyclic) bond motifs is 1. The van der Waals surface area contributed by atoms with Gasteiger partial charge in [-0.25, -0.2) is 0 Å². The van der Waals surface area contributed by atoms with Crippen LogP contribution in [-0.2, 0) is 0 Å². The van der Waals surface area contributed by atoms with Gasteiger partial charge < -0.3 is 25.2 Å². The lowest BCUT2D eigenvalue weighted by molar-refractivity contribution is 0.102. The van der Waals surface area contributed by atoms with E-state index in [0.717, 1.165) is 42.8 Å². The van der Waals surface area contributed by atoms with E-state index in [0.29, 0.717) is 33.5 Å². The van der Waals surface area contributed by atoms with E-state index in [2.05, 4.69) is 44.3 Å². The van der Waals surface area contributed by atoms with Gasteiger partial charge in [0, 0.05) is 71.4 Å². The van der Waals surface area contributed by atoms with Crippen LogP contribution >= 0.6 is 0 Å². The predicted molar refractivity (Wildman–Crippen MR) is 172 cm³/mol. The van der Waals surface area contributed by atoms with Crippen molar-refractivity contribution in [3.8, 4) is 5.88 Å². The molecule has 1 fully saturated rings. The predicted octanol–water partition coefficient (Wildman–Crippen LogP) is 6.17. The molecule has 0 aliphatic carbocycles. The zero-order valence-corrected chi connectivity index (χ0v) is 24.2. The highest BCUT2D eigenvalue weighted by atomic mass is 16.3. The number of anilines is 2. The van der Waals surface area contributed by atoms with Crippen molar-refractivity contribution in [1.29, 1.82) is 0 Å². The molecule has 0 unspecified atom stereocenters. The zero-order valence-electron chi connectivity index (χ0n) is 24.2. The molecular weight excluding hydrogens is 538 g/mol. The number of carbonyl (C=O) groups is 2. The van der Waals surface area contributed by atoms with Crippen molar-refractivity contribution in [2.24, 2.45) is 4.99 Å². The maximum Gasteiger partial charge on any atom is 0.255 e. The summed E-state index contributed by atoms with van der Waals surface area (Å²) < 4.78 is 0. The average Bonchev–Trinajstić information content (AvgIpc) is 3.34. The molecule has 0 bridgehead atoms. The monoisotopic (exact) mass is 571 g/mol. The molecule has 216 valence electrons. The Kier molecular flexibility index (Phi) is 7.77. The molecule has 0 atom stereocenters. The Bertz CT molecular complexity index is 1830. The number of aryl methyl sites for hydroxylation is 1. The molecule has 2 heterocycles. The van der Waals surface area contributed by atoms with Gasteiger partial charge in [0.1, 0.15) is 0 Å². The van der Waals surface area contributed by atoms with Crippen molar-refractivity contribution in [3.63, 3.8) is 0 Å². The number of aliphatic imine (C=N–C) groups is 1. The fourth-order valence-corrected chi connectivity index (χ4v) is 5.32.